The predicted octanol–water partition coefficient (Wildman–Crippen LogP) is 4.52. The molecule has 1 amide bonds. The molecule has 0 unspecified atom stereocenters. The molecule has 3 aromatic carbocycles. The van der Waals surface area contributed by atoms with Crippen LogP contribution in [-0.4, -0.2) is 38.8 Å². The molecule has 0 saturated carbocycles. The lowest BCUT2D eigenvalue weighted by Crippen LogP contribution is -2.46. The van der Waals surface area contributed by atoms with Crippen molar-refractivity contribution in [2.75, 3.05) is 25.0 Å². The zero-order valence-corrected chi connectivity index (χ0v) is 19.0. The Hall–Kier alpha value is -2.70. The predicted molar refractivity (Wildman–Crippen MR) is 125 cm³/mol. The Morgan fingerprint density at radius 1 is 0.968 bits per heavy atom. The Morgan fingerprint density at radius 2 is 1.71 bits per heavy atom. The third-order valence-corrected chi connectivity index (χ3v) is 8.16. The van der Waals surface area contributed by atoms with E-state index in [-0.39, 0.29) is 23.3 Å². The van der Waals surface area contributed by atoms with Crippen molar-refractivity contribution in [3.05, 3.63) is 71.8 Å². The van der Waals surface area contributed by atoms with Crippen LogP contribution < -0.4 is 4.90 Å². The fourth-order valence-electron chi connectivity index (χ4n) is 4.17. The van der Waals surface area contributed by atoms with Crippen molar-refractivity contribution >= 4 is 32.4 Å². The van der Waals surface area contributed by atoms with E-state index < -0.39 is 10.0 Å². The van der Waals surface area contributed by atoms with Crippen LogP contribution in [0.3, 0.4) is 0 Å². The summed E-state index contributed by atoms with van der Waals surface area (Å²) >= 11 is 0. The molecule has 5 nitrogen and oxygen atoms in total. The molecule has 1 atom stereocenters. The second kappa shape index (κ2) is 8.44. The van der Waals surface area contributed by atoms with E-state index in [2.05, 4.69) is 0 Å². The molecule has 162 valence electrons. The van der Waals surface area contributed by atoms with E-state index in [1.54, 1.807) is 24.1 Å². The topological polar surface area (TPSA) is 57.7 Å². The number of anilines is 1. The second-order valence-corrected chi connectivity index (χ2v) is 10.3. The minimum absolute atomic E-state index is 0.0401. The molecule has 4 rings (SSSR count). The number of benzene rings is 3. The normalized spacial score (nSPS) is 17.6. The van der Waals surface area contributed by atoms with Gasteiger partial charge in [-0.3, -0.25) is 4.79 Å². The molecule has 0 radical (unpaired) electrons. The van der Waals surface area contributed by atoms with Crippen LogP contribution in [-0.2, 0) is 14.8 Å². The summed E-state index contributed by atoms with van der Waals surface area (Å²) in [5, 5.41) is 1.89. The number of carbonyl (C=O) groups excluding carboxylic acids is 1. The molecule has 1 fully saturated rings. The van der Waals surface area contributed by atoms with E-state index in [0.717, 1.165) is 22.0 Å². The van der Waals surface area contributed by atoms with Crippen molar-refractivity contribution in [3.8, 4) is 0 Å². The van der Waals surface area contributed by atoms with Crippen LogP contribution in [0, 0.1) is 19.8 Å². The number of aryl methyl sites for hydroxylation is 2. The Labute approximate surface area is 184 Å². The van der Waals surface area contributed by atoms with E-state index >= 15 is 0 Å². The first kappa shape index (κ1) is 21.5. The highest BCUT2D eigenvalue weighted by Gasteiger charge is 2.34. The zero-order chi connectivity index (χ0) is 22.2. The molecule has 0 bridgehead atoms. The SMILES string of the molecule is Cc1ccc(N(C)C(=O)[C@@H]2CCCN(S(=O)(=O)c3ccc4ccccc4c3)C2)cc1C. The minimum Gasteiger partial charge on any atom is -0.315 e. The zero-order valence-electron chi connectivity index (χ0n) is 18.2. The van der Waals surface area contributed by atoms with Crippen LogP contribution in [0.5, 0.6) is 0 Å². The van der Waals surface area contributed by atoms with Gasteiger partial charge in [-0.25, -0.2) is 8.42 Å². The number of carbonyl (C=O) groups is 1. The number of amides is 1. The smallest absolute Gasteiger partial charge is 0.243 e. The van der Waals surface area contributed by atoms with Crippen LogP contribution in [0.25, 0.3) is 10.8 Å². The summed E-state index contributed by atoms with van der Waals surface area (Å²) in [6, 6.07) is 18.9. The molecule has 1 saturated heterocycles. The first-order valence-corrected chi connectivity index (χ1v) is 12.0. The number of piperidine rings is 1. The lowest BCUT2D eigenvalue weighted by atomic mass is 9.98. The molecule has 1 aliphatic rings. The van der Waals surface area contributed by atoms with Crippen LogP contribution in [0.4, 0.5) is 5.69 Å². The average molecular weight is 437 g/mol. The van der Waals surface area contributed by atoms with E-state index in [4.69, 9.17) is 0 Å². The number of hydrogen-bond acceptors (Lipinski definition) is 3. The van der Waals surface area contributed by atoms with E-state index in [9.17, 15) is 13.2 Å². The molecular weight excluding hydrogens is 408 g/mol. The maximum absolute atomic E-state index is 13.3. The van der Waals surface area contributed by atoms with Crippen molar-refractivity contribution < 1.29 is 13.2 Å². The Balaban J connectivity index is 1.55. The summed E-state index contributed by atoms with van der Waals surface area (Å²) in [5.41, 5.74) is 3.14. The number of nitrogens with zero attached hydrogens (tertiary/aromatic N) is 2. The molecule has 0 N–H and O–H groups in total. The quantitative estimate of drug-likeness (QED) is 0.604. The van der Waals surface area contributed by atoms with Crippen molar-refractivity contribution in [1.29, 1.82) is 0 Å². The minimum atomic E-state index is -3.66. The molecule has 3 aromatic rings. The van der Waals surface area contributed by atoms with Crippen molar-refractivity contribution in [1.82, 2.24) is 4.31 Å². The highest BCUT2D eigenvalue weighted by Crippen LogP contribution is 2.28. The summed E-state index contributed by atoms with van der Waals surface area (Å²) in [6.45, 7) is 4.71. The lowest BCUT2D eigenvalue weighted by Gasteiger charge is -2.33. The fourth-order valence-corrected chi connectivity index (χ4v) is 5.73. The molecule has 0 aliphatic carbocycles. The van der Waals surface area contributed by atoms with Gasteiger partial charge >= 0.3 is 0 Å². The first-order valence-electron chi connectivity index (χ1n) is 10.6. The van der Waals surface area contributed by atoms with Crippen LogP contribution in [0.2, 0.25) is 0 Å². The number of hydrogen-bond donors (Lipinski definition) is 0. The van der Waals surface area contributed by atoms with E-state index in [0.29, 0.717) is 19.4 Å². The van der Waals surface area contributed by atoms with Gasteiger partial charge in [0.1, 0.15) is 0 Å². The Morgan fingerprint density at radius 3 is 2.45 bits per heavy atom. The molecule has 6 heteroatoms. The molecule has 1 heterocycles. The van der Waals surface area contributed by atoms with Gasteiger partial charge in [0.25, 0.3) is 0 Å². The fraction of sp³-hybridized carbons (Fsp3) is 0.320. The number of fused-ring (bicyclic) bond motifs is 1. The summed E-state index contributed by atoms with van der Waals surface area (Å²) in [4.78, 5) is 15.1. The molecule has 0 spiro atoms. The average Bonchev–Trinajstić information content (AvgIpc) is 2.79. The highest BCUT2D eigenvalue weighted by atomic mass is 32.2. The third kappa shape index (κ3) is 4.23. The lowest BCUT2D eigenvalue weighted by molar-refractivity contribution is -0.123. The first-order chi connectivity index (χ1) is 14.8. The van der Waals surface area contributed by atoms with E-state index in [1.165, 1.54) is 9.87 Å². The highest BCUT2D eigenvalue weighted by molar-refractivity contribution is 7.89. The van der Waals surface area contributed by atoms with Gasteiger partial charge in [0, 0.05) is 25.8 Å². The second-order valence-electron chi connectivity index (χ2n) is 8.38. The summed E-state index contributed by atoms with van der Waals surface area (Å²) < 4.78 is 28.1. The van der Waals surface area contributed by atoms with Gasteiger partial charge in [-0.15, -0.1) is 0 Å². The Kier molecular flexibility index (Phi) is 5.86. The van der Waals surface area contributed by atoms with Gasteiger partial charge in [-0.2, -0.15) is 4.31 Å². The number of rotatable bonds is 4. The summed E-state index contributed by atoms with van der Waals surface area (Å²) in [6.07, 6.45) is 1.36. The largest absolute Gasteiger partial charge is 0.315 e. The maximum Gasteiger partial charge on any atom is 0.243 e. The van der Waals surface area contributed by atoms with Crippen LogP contribution >= 0.6 is 0 Å². The molecule has 0 aromatic heterocycles. The van der Waals surface area contributed by atoms with Crippen molar-refractivity contribution in [3.63, 3.8) is 0 Å². The van der Waals surface area contributed by atoms with Gasteiger partial charge in [0.2, 0.25) is 15.9 Å². The molecule has 31 heavy (non-hydrogen) atoms. The van der Waals surface area contributed by atoms with Gasteiger partial charge < -0.3 is 4.90 Å². The van der Waals surface area contributed by atoms with E-state index in [1.807, 2.05) is 62.4 Å². The maximum atomic E-state index is 13.3. The van der Waals surface area contributed by atoms with Gasteiger partial charge in [0.15, 0.2) is 0 Å². The van der Waals surface area contributed by atoms with Crippen LogP contribution in [0.15, 0.2) is 65.6 Å². The van der Waals surface area contributed by atoms with Gasteiger partial charge in [-0.05, 0) is 72.9 Å². The Bertz CT molecular complexity index is 1240. The van der Waals surface area contributed by atoms with Gasteiger partial charge in [-0.1, -0.05) is 36.4 Å². The van der Waals surface area contributed by atoms with Gasteiger partial charge in [0.05, 0.1) is 10.8 Å². The molecular formula is C25H28N2O3S. The number of sulfonamides is 1. The standard InChI is InChI=1S/C25H28N2O3S/c1-18-10-12-23(15-19(18)2)26(3)25(28)22-9-6-14-27(17-22)31(29,30)24-13-11-20-7-4-5-8-21(20)16-24/h4-5,7-8,10-13,15-16,22H,6,9,14,17H2,1-3H3/t22-/m1/s1. The molecule has 1 aliphatic heterocycles. The monoisotopic (exact) mass is 436 g/mol. The van der Waals surface area contributed by atoms with Crippen LogP contribution in [0.1, 0.15) is 24.0 Å². The summed E-state index contributed by atoms with van der Waals surface area (Å²) in [5.74, 6) is -0.391. The summed E-state index contributed by atoms with van der Waals surface area (Å²) in [7, 11) is -1.89. The third-order valence-electron chi connectivity index (χ3n) is 6.30. The van der Waals surface area contributed by atoms with Crippen molar-refractivity contribution in [2.45, 2.75) is 31.6 Å². The van der Waals surface area contributed by atoms with Crippen molar-refractivity contribution in [2.24, 2.45) is 5.92 Å².